The van der Waals surface area contributed by atoms with E-state index in [0.29, 0.717) is 23.7 Å². The van der Waals surface area contributed by atoms with Crippen LogP contribution in [0.25, 0.3) is 22.2 Å². The lowest BCUT2D eigenvalue weighted by Gasteiger charge is -2.46. The third-order valence-corrected chi connectivity index (χ3v) is 9.25. The summed E-state index contributed by atoms with van der Waals surface area (Å²) in [6, 6.07) is 26.4. The minimum absolute atomic E-state index is 0.0900. The molecule has 7 nitrogen and oxygen atoms in total. The largest absolute Gasteiger partial charge is 0.490 e. The van der Waals surface area contributed by atoms with Crippen molar-refractivity contribution in [3.05, 3.63) is 83.9 Å². The molecular weight excluding hydrogens is 512 g/mol. The lowest BCUT2D eigenvalue weighted by molar-refractivity contribution is -0.102. The number of nitrogens with two attached hydrogens (primary N) is 1. The highest BCUT2D eigenvalue weighted by atomic mass is 16.5. The normalized spacial score (nSPS) is 23.4. The van der Waals surface area contributed by atoms with Crippen molar-refractivity contribution in [2.45, 2.75) is 75.7 Å². The van der Waals surface area contributed by atoms with Crippen LogP contribution in [0.1, 0.15) is 67.4 Å². The second-order valence-corrected chi connectivity index (χ2v) is 11.9. The molecule has 3 saturated heterocycles. The number of hydrogen-bond donors (Lipinski definition) is 1. The van der Waals surface area contributed by atoms with E-state index in [-0.39, 0.29) is 12.1 Å². The van der Waals surface area contributed by atoms with Gasteiger partial charge in [-0.15, -0.1) is 0 Å². The summed E-state index contributed by atoms with van der Waals surface area (Å²) in [6.07, 6.45) is 6.93. The molecule has 0 saturated carbocycles. The van der Waals surface area contributed by atoms with Gasteiger partial charge >= 0.3 is 0 Å². The Bertz CT molecular complexity index is 1520. The molecule has 0 spiro atoms. The summed E-state index contributed by atoms with van der Waals surface area (Å²) in [6.45, 7) is 3.97. The molecule has 212 valence electrons. The van der Waals surface area contributed by atoms with Crippen molar-refractivity contribution in [3.8, 4) is 17.0 Å². The van der Waals surface area contributed by atoms with E-state index in [2.05, 4.69) is 65.0 Å². The number of primary amides is 1. The Morgan fingerprint density at radius 2 is 1.73 bits per heavy atom. The van der Waals surface area contributed by atoms with Crippen LogP contribution in [-0.2, 0) is 4.74 Å². The molecule has 3 aliphatic rings. The van der Waals surface area contributed by atoms with E-state index >= 15 is 0 Å². The van der Waals surface area contributed by atoms with Crippen LogP contribution in [0, 0.1) is 0 Å². The summed E-state index contributed by atoms with van der Waals surface area (Å²) >= 11 is 0. The molecule has 0 aliphatic carbocycles. The fourth-order valence-corrected chi connectivity index (χ4v) is 7.26. The van der Waals surface area contributed by atoms with Gasteiger partial charge in [-0.3, -0.25) is 14.4 Å². The Balaban J connectivity index is 1.17. The Hall–Kier alpha value is -3.68. The van der Waals surface area contributed by atoms with Crippen LogP contribution in [0.5, 0.6) is 5.75 Å². The quantitative estimate of drug-likeness (QED) is 0.278. The summed E-state index contributed by atoms with van der Waals surface area (Å²) in [5, 5.41) is 6.10. The second kappa shape index (κ2) is 11.0. The first-order valence-electron chi connectivity index (χ1n) is 15.1. The average Bonchev–Trinajstić information content (AvgIpc) is 3.45. The van der Waals surface area contributed by atoms with Crippen LogP contribution < -0.4 is 10.5 Å². The summed E-state index contributed by atoms with van der Waals surface area (Å²) in [7, 11) is 0. The number of amides is 1. The third kappa shape index (κ3) is 4.91. The molecule has 3 atom stereocenters. The first kappa shape index (κ1) is 26.2. The van der Waals surface area contributed by atoms with Crippen LogP contribution in [0.4, 0.5) is 0 Å². The monoisotopic (exact) mass is 550 g/mol. The van der Waals surface area contributed by atoms with Crippen LogP contribution in [0.2, 0.25) is 0 Å². The van der Waals surface area contributed by atoms with Crippen LogP contribution >= 0.6 is 0 Å². The average molecular weight is 551 g/mol. The Morgan fingerprint density at radius 3 is 2.37 bits per heavy atom. The topological polar surface area (TPSA) is 82.6 Å². The summed E-state index contributed by atoms with van der Waals surface area (Å²) in [5.74, 6) is 0.459. The molecule has 3 fully saturated rings. The fourth-order valence-electron chi connectivity index (χ4n) is 7.26. The lowest BCUT2D eigenvalue weighted by atomic mass is 9.96. The first-order chi connectivity index (χ1) is 20.1. The van der Waals surface area contributed by atoms with E-state index in [9.17, 15) is 4.79 Å². The molecule has 3 aliphatic heterocycles. The van der Waals surface area contributed by atoms with E-state index < -0.39 is 5.91 Å². The smallest absolute Gasteiger partial charge is 0.248 e. The van der Waals surface area contributed by atoms with Gasteiger partial charge in [-0.1, -0.05) is 43.7 Å². The predicted molar refractivity (Wildman–Crippen MR) is 160 cm³/mol. The molecular formula is C34H38N4O3. The number of carbonyl (C=O) groups excluding carboxylic acids is 1. The molecule has 7 rings (SSSR count). The van der Waals surface area contributed by atoms with Gasteiger partial charge in [0, 0.05) is 28.6 Å². The number of hydrogen-bond acceptors (Lipinski definition) is 5. The number of carbonyl (C=O) groups is 1. The highest BCUT2D eigenvalue weighted by Gasteiger charge is 2.46. The maximum Gasteiger partial charge on any atom is 0.248 e. The Labute approximate surface area is 241 Å². The molecule has 2 unspecified atom stereocenters. The SMILES string of the molecule is CCC[C@@H](c1ccccc1)n1nc(-c2ccc(OC3CC4CCC(C3)N4C3COC3)cc2)c2cc(C(N)=O)ccc21. The van der Waals surface area contributed by atoms with Crippen molar-refractivity contribution in [1.29, 1.82) is 0 Å². The third-order valence-electron chi connectivity index (χ3n) is 9.25. The molecule has 4 heterocycles. The number of piperidine rings is 1. The van der Waals surface area contributed by atoms with E-state index in [0.717, 1.165) is 66.8 Å². The molecule has 2 N–H and O–H groups in total. The summed E-state index contributed by atoms with van der Waals surface area (Å²) in [4.78, 5) is 14.8. The van der Waals surface area contributed by atoms with Crippen LogP contribution in [-0.4, -0.2) is 58.0 Å². The summed E-state index contributed by atoms with van der Waals surface area (Å²) < 4.78 is 14.1. The number of fused-ring (bicyclic) bond motifs is 3. The van der Waals surface area contributed by atoms with Crippen molar-refractivity contribution in [1.82, 2.24) is 14.7 Å². The van der Waals surface area contributed by atoms with Gasteiger partial charge in [-0.25, -0.2) is 0 Å². The Kier molecular flexibility index (Phi) is 7.01. The zero-order chi connectivity index (χ0) is 27.9. The number of ether oxygens (including phenoxy) is 2. The molecule has 0 radical (unpaired) electrons. The molecule has 2 bridgehead atoms. The molecule has 7 heteroatoms. The zero-order valence-corrected chi connectivity index (χ0v) is 23.6. The molecule has 3 aromatic carbocycles. The van der Waals surface area contributed by atoms with Crippen molar-refractivity contribution < 1.29 is 14.3 Å². The number of aromatic nitrogens is 2. The molecule has 1 aromatic heterocycles. The van der Waals surface area contributed by atoms with Crippen LogP contribution in [0.3, 0.4) is 0 Å². The van der Waals surface area contributed by atoms with Gasteiger partial charge in [0.05, 0.1) is 30.8 Å². The van der Waals surface area contributed by atoms with Gasteiger partial charge in [-0.2, -0.15) is 5.10 Å². The van der Waals surface area contributed by atoms with Gasteiger partial charge in [0.15, 0.2) is 0 Å². The maximum atomic E-state index is 12.1. The van der Waals surface area contributed by atoms with Gasteiger partial charge in [0.1, 0.15) is 17.5 Å². The highest BCUT2D eigenvalue weighted by molar-refractivity contribution is 6.01. The molecule has 1 amide bonds. The van der Waals surface area contributed by atoms with Crippen molar-refractivity contribution in [2.24, 2.45) is 5.73 Å². The van der Waals surface area contributed by atoms with E-state index in [1.54, 1.807) is 6.07 Å². The minimum Gasteiger partial charge on any atom is -0.490 e. The standard InChI is InChI=1S/C34H38N4O3/c1-2-6-31(22-7-4-3-5-8-22)38-32-16-11-24(34(35)39)17-30(32)33(36-38)23-9-14-28(15-10-23)41-29-18-25-12-13-26(19-29)37(25)27-20-40-21-27/h3-5,7-11,14-17,25-27,29,31H,2,6,12-13,18-21H2,1H3,(H2,35,39)/t25?,26?,29?,31-/m0/s1. The van der Waals surface area contributed by atoms with Gasteiger partial charge in [-0.05, 0) is 80.1 Å². The maximum absolute atomic E-state index is 12.1. The Morgan fingerprint density at radius 1 is 1.00 bits per heavy atom. The van der Waals surface area contributed by atoms with E-state index in [1.807, 2.05) is 18.2 Å². The van der Waals surface area contributed by atoms with E-state index in [4.69, 9.17) is 20.3 Å². The number of benzene rings is 3. The lowest BCUT2D eigenvalue weighted by Crippen LogP contribution is -2.57. The van der Waals surface area contributed by atoms with Crippen molar-refractivity contribution in [3.63, 3.8) is 0 Å². The van der Waals surface area contributed by atoms with E-state index in [1.165, 1.54) is 18.4 Å². The number of nitrogens with zero attached hydrogens (tertiary/aromatic N) is 3. The molecule has 4 aromatic rings. The van der Waals surface area contributed by atoms with Crippen molar-refractivity contribution in [2.75, 3.05) is 13.2 Å². The van der Waals surface area contributed by atoms with Gasteiger partial charge in [0.2, 0.25) is 5.91 Å². The van der Waals surface area contributed by atoms with Crippen LogP contribution in [0.15, 0.2) is 72.8 Å². The zero-order valence-electron chi connectivity index (χ0n) is 23.6. The van der Waals surface area contributed by atoms with Crippen molar-refractivity contribution >= 4 is 16.8 Å². The van der Waals surface area contributed by atoms with Gasteiger partial charge < -0.3 is 15.2 Å². The highest BCUT2D eigenvalue weighted by Crippen LogP contribution is 2.40. The fraction of sp³-hybridized carbons (Fsp3) is 0.412. The number of rotatable bonds is 9. The van der Waals surface area contributed by atoms with Gasteiger partial charge in [0.25, 0.3) is 0 Å². The first-order valence-corrected chi connectivity index (χ1v) is 15.1. The predicted octanol–water partition coefficient (Wildman–Crippen LogP) is 5.96. The minimum atomic E-state index is -0.438. The summed E-state index contributed by atoms with van der Waals surface area (Å²) in [5.41, 5.74) is 10.2. The molecule has 41 heavy (non-hydrogen) atoms. The second-order valence-electron chi connectivity index (χ2n) is 11.9.